The molecule has 0 radical (unpaired) electrons. The summed E-state index contributed by atoms with van der Waals surface area (Å²) in [5.74, 6) is -1.42. The molecule has 1 heterocycles. The SMILES string of the molecule is CCOC(=O)c1nn(-c2ccccc2Cl)c(=O)cc1OCC(=O)NCc1ccc(Cl)cc1. The molecule has 3 aromatic rings. The predicted molar refractivity (Wildman–Crippen MR) is 120 cm³/mol. The van der Waals surface area contributed by atoms with Crippen LogP contribution in [0.25, 0.3) is 5.69 Å². The van der Waals surface area contributed by atoms with E-state index >= 15 is 0 Å². The van der Waals surface area contributed by atoms with Gasteiger partial charge in [-0.25, -0.2) is 4.79 Å². The lowest BCUT2D eigenvalue weighted by molar-refractivity contribution is -0.123. The van der Waals surface area contributed by atoms with E-state index in [1.54, 1.807) is 55.5 Å². The Labute approximate surface area is 193 Å². The third kappa shape index (κ3) is 5.87. The van der Waals surface area contributed by atoms with Crippen molar-refractivity contribution in [3.05, 3.63) is 86.3 Å². The summed E-state index contributed by atoms with van der Waals surface area (Å²) in [6.07, 6.45) is 0. The number of halogens is 2. The van der Waals surface area contributed by atoms with Gasteiger partial charge >= 0.3 is 5.97 Å². The number of nitrogens with zero attached hydrogens (tertiary/aromatic N) is 2. The molecule has 0 saturated heterocycles. The number of rotatable bonds is 8. The summed E-state index contributed by atoms with van der Waals surface area (Å²) < 4.78 is 11.4. The van der Waals surface area contributed by atoms with Crippen molar-refractivity contribution in [2.45, 2.75) is 13.5 Å². The first-order chi connectivity index (χ1) is 15.4. The molecule has 0 fully saturated rings. The largest absolute Gasteiger partial charge is 0.481 e. The molecule has 0 aliphatic heterocycles. The van der Waals surface area contributed by atoms with Crippen molar-refractivity contribution in [2.75, 3.05) is 13.2 Å². The molecular weight excluding hydrogens is 457 g/mol. The number of carbonyl (C=O) groups excluding carboxylic acids is 2. The lowest BCUT2D eigenvalue weighted by atomic mass is 10.2. The Morgan fingerprint density at radius 3 is 2.50 bits per heavy atom. The fourth-order valence-electron chi connectivity index (χ4n) is 2.68. The third-order valence-corrected chi connectivity index (χ3v) is 4.78. The minimum atomic E-state index is -0.801. The molecule has 3 rings (SSSR count). The number of hydrogen-bond donors (Lipinski definition) is 1. The average Bonchev–Trinajstić information content (AvgIpc) is 2.78. The van der Waals surface area contributed by atoms with Gasteiger partial charge in [0.15, 0.2) is 12.4 Å². The Hall–Kier alpha value is -3.36. The van der Waals surface area contributed by atoms with Gasteiger partial charge in [0, 0.05) is 11.6 Å². The number of benzene rings is 2. The quantitative estimate of drug-likeness (QED) is 0.501. The van der Waals surface area contributed by atoms with Crippen LogP contribution in [0.1, 0.15) is 23.0 Å². The number of ether oxygens (including phenoxy) is 2. The molecule has 0 spiro atoms. The van der Waals surface area contributed by atoms with E-state index in [0.717, 1.165) is 16.3 Å². The van der Waals surface area contributed by atoms with Gasteiger partial charge in [0.05, 0.1) is 23.4 Å². The molecule has 0 aliphatic carbocycles. The van der Waals surface area contributed by atoms with Gasteiger partial charge < -0.3 is 14.8 Å². The molecule has 0 atom stereocenters. The Kier molecular flexibility index (Phi) is 7.86. The standard InChI is InChI=1S/C22H19Cl2N3O5/c1-2-31-22(30)21-18(11-20(29)27(26-21)17-6-4-3-5-16(17)24)32-13-19(28)25-12-14-7-9-15(23)10-8-14/h3-11H,2,12-13H2,1H3,(H,25,28). The summed E-state index contributed by atoms with van der Waals surface area (Å²) in [6.45, 7) is 1.55. The van der Waals surface area contributed by atoms with Crippen LogP contribution in [-0.4, -0.2) is 34.9 Å². The van der Waals surface area contributed by atoms with Crippen molar-refractivity contribution in [2.24, 2.45) is 0 Å². The van der Waals surface area contributed by atoms with Crippen LogP contribution in [0.15, 0.2) is 59.4 Å². The second-order valence-electron chi connectivity index (χ2n) is 6.47. The van der Waals surface area contributed by atoms with Crippen molar-refractivity contribution < 1.29 is 19.1 Å². The van der Waals surface area contributed by atoms with Gasteiger partial charge in [-0.1, -0.05) is 47.5 Å². The summed E-state index contributed by atoms with van der Waals surface area (Å²) in [5, 5.41) is 7.62. The lowest BCUT2D eigenvalue weighted by Gasteiger charge is -2.13. The van der Waals surface area contributed by atoms with Crippen LogP contribution in [0.5, 0.6) is 5.75 Å². The van der Waals surface area contributed by atoms with Crippen LogP contribution in [0.2, 0.25) is 10.0 Å². The molecule has 1 amide bonds. The fraction of sp³-hybridized carbons (Fsp3) is 0.182. The number of hydrogen-bond acceptors (Lipinski definition) is 6. The van der Waals surface area contributed by atoms with Crippen LogP contribution >= 0.6 is 23.2 Å². The van der Waals surface area contributed by atoms with Crippen LogP contribution < -0.4 is 15.6 Å². The van der Waals surface area contributed by atoms with Gasteiger partial charge in [-0.3, -0.25) is 9.59 Å². The molecule has 0 bridgehead atoms. The molecule has 2 aromatic carbocycles. The van der Waals surface area contributed by atoms with Crippen molar-refractivity contribution in [3.63, 3.8) is 0 Å². The van der Waals surface area contributed by atoms with Crippen LogP contribution in [0.4, 0.5) is 0 Å². The summed E-state index contributed by atoms with van der Waals surface area (Å²) >= 11 is 12.0. The lowest BCUT2D eigenvalue weighted by Crippen LogP contribution is -2.30. The molecule has 8 nitrogen and oxygen atoms in total. The van der Waals surface area contributed by atoms with E-state index in [0.29, 0.717) is 5.02 Å². The molecule has 32 heavy (non-hydrogen) atoms. The van der Waals surface area contributed by atoms with E-state index < -0.39 is 24.0 Å². The van der Waals surface area contributed by atoms with Crippen LogP contribution in [-0.2, 0) is 16.1 Å². The first-order valence-corrected chi connectivity index (χ1v) is 10.3. The second-order valence-corrected chi connectivity index (χ2v) is 7.31. The highest BCUT2D eigenvalue weighted by atomic mass is 35.5. The zero-order valence-electron chi connectivity index (χ0n) is 17.0. The Morgan fingerprint density at radius 1 is 1.09 bits per heavy atom. The Morgan fingerprint density at radius 2 is 1.81 bits per heavy atom. The number of amides is 1. The molecule has 0 unspecified atom stereocenters. The van der Waals surface area contributed by atoms with E-state index in [-0.39, 0.29) is 35.3 Å². The van der Waals surface area contributed by atoms with E-state index in [2.05, 4.69) is 10.4 Å². The van der Waals surface area contributed by atoms with Gasteiger partial charge in [-0.05, 0) is 36.8 Å². The topological polar surface area (TPSA) is 99.5 Å². The zero-order chi connectivity index (χ0) is 23.1. The Bertz CT molecular complexity index is 1180. The van der Waals surface area contributed by atoms with E-state index in [4.69, 9.17) is 32.7 Å². The van der Waals surface area contributed by atoms with Gasteiger partial charge in [-0.2, -0.15) is 9.78 Å². The molecule has 166 valence electrons. The average molecular weight is 476 g/mol. The van der Waals surface area contributed by atoms with Crippen LogP contribution in [0, 0.1) is 0 Å². The highest BCUT2D eigenvalue weighted by Crippen LogP contribution is 2.20. The number of esters is 1. The van der Waals surface area contributed by atoms with E-state index in [1.807, 2.05) is 0 Å². The number of aromatic nitrogens is 2. The first-order valence-electron chi connectivity index (χ1n) is 9.59. The minimum Gasteiger partial charge on any atom is -0.481 e. The summed E-state index contributed by atoms with van der Waals surface area (Å²) in [7, 11) is 0. The monoisotopic (exact) mass is 475 g/mol. The second kappa shape index (κ2) is 10.8. The minimum absolute atomic E-state index is 0.0900. The highest BCUT2D eigenvalue weighted by molar-refractivity contribution is 6.32. The van der Waals surface area contributed by atoms with Gasteiger partial charge in [0.1, 0.15) is 0 Å². The number of para-hydroxylation sites is 1. The predicted octanol–water partition coefficient (Wildman–Crippen LogP) is 3.41. The summed E-state index contributed by atoms with van der Waals surface area (Å²) in [6, 6.07) is 14.6. The molecule has 0 aliphatic rings. The molecule has 10 heteroatoms. The van der Waals surface area contributed by atoms with E-state index in [9.17, 15) is 14.4 Å². The third-order valence-electron chi connectivity index (χ3n) is 4.21. The number of carbonyl (C=O) groups is 2. The summed E-state index contributed by atoms with van der Waals surface area (Å²) in [5.41, 5.74) is 0.288. The van der Waals surface area contributed by atoms with E-state index in [1.165, 1.54) is 0 Å². The maximum Gasteiger partial charge on any atom is 0.362 e. The fourth-order valence-corrected chi connectivity index (χ4v) is 3.03. The Balaban J connectivity index is 1.78. The highest BCUT2D eigenvalue weighted by Gasteiger charge is 2.21. The van der Waals surface area contributed by atoms with Crippen molar-refractivity contribution in [1.82, 2.24) is 15.1 Å². The zero-order valence-corrected chi connectivity index (χ0v) is 18.5. The molecule has 1 N–H and O–H groups in total. The van der Waals surface area contributed by atoms with Crippen molar-refractivity contribution >= 4 is 35.1 Å². The normalized spacial score (nSPS) is 10.5. The smallest absolute Gasteiger partial charge is 0.362 e. The van der Waals surface area contributed by atoms with Gasteiger partial charge in [0.2, 0.25) is 5.69 Å². The first kappa shape index (κ1) is 23.3. The van der Waals surface area contributed by atoms with Crippen LogP contribution in [0.3, 0.4) is 0 Å². The maximum atomic E-state index is 12.6. The van der Waals surface area contributed by atoms with Crippen molar-refractivity contribution in [3.8, 4) is 11.4 Å². The van der Waals surface area contributed by atoms with Crippen molar-refractivity contribution in [1.29, 1.82) is 0 Å². The van der Waals surface area contributed by atoms with Gasteiger partial charge in [0.25, 0.3) is 11.5 Å². The number of nitrogens with one attached hydrogen (secondary N) is 1. The molecular formula is C22H19Cl2N3O5. The molecule has 0 saturated carbocycles. The maximum absolute atomic E-state index is 12.6. The van der Waals surface area contributed by atoms with Gasteiger partial charge in [-0.15, -0.1) is 0 Å². The summed E-state index contributed by atoms with van der Waals surface area (Å²) in [4.78, 5) is 37.2. The molecule has 1 aromatic heterocycles.